The van der Waals surface area contributed by atoms with Crippen molar-refractivity contribution in [2.75, 3.05) is 12.4 Å². The van der Waals surface area contributed by atoms with Crippen LogP contribution in [0.5, 0.6) is 5.75 Å². The number of hydrogen-bond donors (Lipinski definition) is 1. The van der Waals surface area contributed by atoms with E-state index in [-0.39, 0.29) is 5.56 Å². The number of hydrogen-bond acceptors (Lipinski definition) is 8. The van der Waals surface area contributed by atoms with E-state index in [0.29, 0.717) is 49.2 Å². The predicted octanol–water partition coefficient (Wildman–Crippen LogP) is 5.73. The number of methoxy groups -OCH3 is 1. The molecule has 0 unspecified atom stereocenters. The number of anilines is 1. The first-order valence-electron chi connectivity index (χ1n) is 11.1. The van der Waals surface area contributed by atoms with Crippen molar-refractivity contribution in [1.82, 2.24) is 15.0 Å². The molecule has 0 aliphatic rings. The zero-order valence-corrected chi connectivity index (χ0v) is 20.6. The van der Waals surface area contributed by atoms with E-state index in [2.05, 4.69) is 32.4 Å². The zero-order chi connectivity index (χ0) is 25.9. The highest BCUT2D eigenvalue weighted by atomic mass is 32.1. The molecule has 9 heteroatoms. The van der Waals surface area contributed by atoms with Crippen molar-refractivity contribution in [2.24, 2.45) is 0 Å². The molecule has 0 aliphatic carbocycles. The third-order valence-corrected chi connectivity index (χ3v) is 6.59. The second kappa shape index (κ2) is 9.86. The lowest BCUT2D eigenvalue weighted by molar-refractivity contribution is 0.102. The average molecular weight is 503 g/mol. The van der Waals surface area contributed by atoms with Crippen LogP contribution in [0.3, 0.4) is 0 Å². The van der Waals surface area contributed by atoms with E-state index in [0.717, 1.165) is 11.3 Å². The summed E-state index contributed by atoms with van der Waals surface area (Å²) in [7, 11) is 1.52. The Morgan fingerprint density at radius 3 is 2.57 bits per heavy atom. The second-order valence-corrected chi connectivity index (χ2v) is 9.03. The lowest BCUT2D eigenvalue weighted by Crippen LogP contribution is -2.14. The first kappa shape index (κ1) is 23.6. The van der Waals surface area contributed by atoms with Gasteiger partial charge in [-0.2, -0.15) is 10.5 Å². The number of amides is 1. The lowest BCUT2D eigenvalue weighted by Gasteiger charge is -2.14. The van der Waals surface area contributed by atoms with Gasteiger partial charge in [-0.1, -0.05) is 29.5 Å². The van der Waals surface area contributed by atoms with E-state index >= 15 is 0 Å². The SMILES string of the molecule is COc1cccc(C#N)c1-c1cc(C)ncc1C(=O)Nc1nc2ccc(-c3ccc(C#N)cc3)nc2s1. The van der Waals surface area contributed by atoms with Gasteiger partial charge in [0.05, 0.1) is 41.6 Å². The molecule has 0 radical (unpaired) electrons. The molecule has 178 valence electrons. The van der Waals surface area contributed by atoms with Gasteiger partial charge in [0.1, 0.15) is 16.1 Å². The second-order valence-electron chi connectivity index (χ2n) is 8.05. The molecular formula is C28H18N6O2S. The van der Waals surface area contributed by atoms with Gasteiger partial charge in [0.2, 0.25) is 0 Å². The molecule has 0 saturated heterocycles. The number of nitrogens with zero attached hydrogens (tertiary/aromatic N) is 5. The molecule has 1 N–H and O–H groups in total. The van der Waals surface area contributed by atoms with Crippen molar-refractivity contribution in [3.63, 3.8) is 0 Å². The summed E-state index contributed by atoms with van der Waals surface area (Å²) in [6.45, 7) is 1.82. The van der Waals surface area contributed by atoms with E-state index in [4.69, 9.17) is 10.00 Å². The molecule has 1 amide bonds. The Balaban J connectivity index is 1.49. The first-order chi connectivity index (χ1) is 18.0. The van der Waals surface area contributed by atoms with Crippen molar-refractivity contribution >= 4 is 32.7 Å². The Bertz CT molecular complexity index is 1750. The molecule has 2 aromatic carbocycles. The largest absolute Gasteiger partial charge is 0.496 e. The highest BCUT2D eigenvalue weighted by Crippen LogP contribution is 2.36. The number of carbonyl (C=O) groups excluding carboxylic acids is 1. The third-order valence-electron chi connectivity index (χ3n) is 5.71. The summed E-state index contributed by atoms with van der Waals surface area (Å²) in [5.74, 6) is 0.0712. The predicted molar refractivity (Wildman–Crippen MR) is 141 cm³/mol. The summed E-state index contributed by atoms with van der Waals surface area (Å²) in [6, 6.07) is 22.1. The first-order valence-corrected chi connectivity index (χ1v) is 12.0. The topological polar surface area (TPSA) is 125 Å². The van der Waals surface area contributed by atoms with Gasteiger partial charge in [0.25, 0.3) is 5.91 Å². The number of rotatable bonds is 5. The minimum absolute atomic E-state index is 0.289. The maximum atomic E-state index is 13.4. The van der Waals surface area contributed by atoms with Gasteiger partial charge in [-0.3, -0.25) is 15.1 Å². The summed E-state index contributed by atoms with van der Waals surface area (Å²) in [6.07, 6.45) is 1.49. The van der Waals surface area contributed by atoms with E-state index < -0.39 is 5.91 Å². The fraction of sp³-hybridized carbons (Fsp3) is 0.0714. The molecule has 0 bridgehead atoms. The fourth-order valence-electron chi connectivity index (χ4n) is 3.93. The monoisotopic (exact) mass is 502 g/mol. The summed E-state index contributed by atoms with van der Waals surface area (Å²) < 4.78 is 5.50. The normalized spacial score (nSPS) is 10.5. The number of carbonyl (C=O) groups is 1. The van der Waals surface area contributed by atoms with Gasteiger partial charge >= 0.3 is 0 Å². The number of thiazole rings is 1. The minimum atomic E-state index is -0.413. The van der Waals surface area contributed by atoms with Gasteiger partial charge in [-0.15, -0.1) is 0 Å². The molecular weight excluding hydrogens is 484 g/mol. The van der Waals surface area contributed by atoms with Crippen LogP contribution in [0.1, 0.15) is 27.2 Å². The van der Waals surface area contributed by atoms with Gasteiger partial charge in [0.15, 0.2) is 5.13 Å². The summed E-state index contributed by atoms with van der Waals surface area (Å²) >= 11 is 1.25. The number of aromatic nitrogens is 3. The number of ether oxygens (including phenoxy) is 1. The van der Waals surface area contributed by atoms with Crippen molar-refractivity contribution in [2.45, 2.75) is 6.92 Å². The molecule has 3 heterocycles. The zero-order valence-electron chi connectivity index (χ0n) is 19.8. The maximum Gasteiger partial charge on any atom is 0.259 e. The van der Waals surface area contributed by atoms with E-state index in [1.54, 1.807) is 36.4 Å². The van der Waals surface area contributed by atoms with E-state index in [9.17, 15) is 10.1 Å². The fourth-order valence-corrected chi connectivity index (χ4v) is 4.76. The van der Waals surface area contributed by atoms with Gasteiger partial charge in [-0.05, 0) is 49.4 Å². The Morgan fingerprint density at radius 1 is 1.03 bits per heavy atom. The molecule has 37 heavy (non-hydrogen) atoms. The number of nitriles is 2. The number of nitrogens with one attached hydrogen (secondary N) is 1. The van der Waals surface area contributed by atoms with Gasteiger partial charge in [-0.25, -0.2) is 9.97 Å². The Morgan fingerprint density at radius 2 is 1.84 bits per heavy atom. The molecule has 5 aromatic rings. The number of fused-ring (bicyclic) bond motifs is 1. The van der Waals surface area contributed by atoms with Crippen LogP contribution in [-0.4, -0.2) is 28.0 Å². The third kappa shape index (κ3) is 4.59. The molecule has 8 nitrogen and oxygen atoms in total. The highest BCUT2D eigenvalue weighted by molar-refractivity contribution is 7.22. The Labute approximate surface area is 216 Å². The molecule has 5 rings (SSSR count). The quantitative estimate of drug-likeness (QED) is 0.325. The summed E-state index contributed by atoms with van der Waals surface area (Å²) in [5.41, 5.74) is 5.28. The smallest absolute Gasteiger partial charge is 0.259 e. The van der Waals surface area contributed by atoms with Crippen LogP contribution in [-0.2, 0) is 0 Å². The van der Waals surface area contributed by atoms with Crippen LogP contribution >= 0.6 is 11.3 Å². The van der Waals surface area contributed by atoms with Crippen molar-refractivity contribution in [3.8, 4) is 40.3 Å². The maximum absolute atomic E-state index is 13.4. The van der Waals surface area contributed by atoms with Crippen LogP contribution in [0.2, 0.25) is 0 Å². The van der Waals surface area contributed by atoms with Crippen LogP contribution in [0, 0.1) is 29.6 Å². The van der Waals surface area contributed by atoms with Crippen LogP contribution < -0.4 is 10.1 Å². The van der Waals surface area contributed by atoms with Crippen molar-refractivity contribution in [1.29, 1.82) is 10.5 Å². The van der Waals surface area contributed by atoms with Crippen LogP contribution in [0.15, 0.2) is 66.9 Å². The minimum Gasteiger partial charge on any atom is -0.496 e. The number of aryl methyl sites for hydroxylation is 1. The molecule has 0 aliphatic heterocycles. The van der Waals surface area contributed by atoms with Crippen molar-refractivity contribution in [3.05, 3.63) is 89.2 Å². The van der Waals surface area contributed by atoms with Crippen molar-refractivity contribution < 1.29 is 9.53 Å². The van der Waals surface area contributed by atoms with E-state index in [1.165, 1.54) is 24.6 Å². The Hall–Kier alpha value is -5.12. The molecule has 0 saturated carbocycles. The molecule has 0 fully saturated rings. The number of benzene rings is 2. The van der Waals surface area contributed by atoms with Gasteiger partial charge in [0, 0.05) is 28.6 Å². The molecule has 0 atom stereocenters. The average Bonchev–Trinajstić information content (AvgIpc) is 3.33. The number of pyridine rings is 2. The molecule has 0 spiro atoms. The molecule has 3 aromatic heterocycles. The van der Waals surface area contributed by atoms with Gasteiger partial charge < -0.3 is 4.74 Å². The van der Waals surface area contributed by atoms with Crippen LogP contribution in [0.25, 0.3) is 32.7 Å². The highest BCUT2D eigenvalue weighted by Gasteiger charge is 2.21. The standard InChI is InChI=1S/C28H18N6O2S/c1-16-12-20(25-19(14-30)4-3-5-24(25)36-2)21(15-31-16)26(35)34-28-33-23-11-10-22(32-27(23)37-28)18-8-6-17(13-29)7-9-18/h3-12,15H,1-2H3,(H,33,34,35). The Kier molecular flexibility index (Phi) is 6.29. The van der Waals surface area contributed by atoms with Crippen LogP contribution in [0.4, 0.5) is 5.13 Å². The summed E-state index contributed by atoms with van der Waals surface area (Å²) in [4.78, 5) is 27.5. The van der Waals surface area contributed by atoms with E-state index in [1.807, 2.05) is 31.2 Å². The lowest BCUT2D eigenvalue weighted by atomic mass is 9.95. The summed E-state index contributed by atoms with van der Waals surface area (Å²) in [5, 5.41) is 21.9.